The zero-order chi connectivity index (χ0) is 14.1. The third-order valence-electron chi connectivity index (χ3n) is 3.97. The summed E-state index contributed by atoms with van der Waals surface area (Å²) in [5, 5.41) is 7.24. The van der Waals surface area contributed by atoms with E-state index in [4.69, 9.17) is 0 Å². The summed E-state index contributed by atoms with van der Waals surface area (Å²) in [5.74, 6) is 0. The smallest absolute Gasteiger partial charge is 0.0342 e. The molecule has 0 radical (unpaired) electrons. The van der Waals surface area contributed by atoms with Gasteiger partial charge in [-0.3, -0.25) is 0 Å². The van der Waals surface area contributed by atoms with Gasteiger partial charge in [0.15, 0.2) is 0 Å². The summed E-state index contributed by atoms with van der Waals surface area (Å²) in [4.78, 5) is 0. The van der Waals surface area contributed by atoms with Crippen LogP contribution in [0, 0.1) is 0 Å². The predicted octanol–water partition coefficient (Wildman–Crippen LogP) is 3.93. The molecule has 0 aliphatic carbocycles. The minimum absolute atomic E-state index is 0.231. The molecule has 0 saturated carbocycles. The average molecular weight is 260 g/mol. The van der Waals surface area contributed by atoms with Crippen molar-refractivity contribution in [3.8, 4) is 0 Å². The number of nitrogens with one attached hydrogen (secondary N) is 2. The van der Waals surface area contributed by atoms with E-state index in [2.05, 4.69) is 69.5 Å². The average Bonchev–Trinajstić information content (AvgIpc) is 2.27. The van der Waals surface area contributed by atoms with Crippen LogP contribution in [0.2, 0.25) is 0 Å². The highest BCUT2D eigenvalue weighted by molar-refractivity contribution is 5.46. The molecule has 19 heavy (non-hydrogen) atoms. The van der Waals surface area contributed by atoms with Gasteiger partial charge in [0.25, 0.3) is 0 Å². The van der Waals surface area contributed by atoms with Crippen LogP contribution in [-0.4, -0.2) is 18.1 Å². The van der Waals surface area contributed by atoms with Crippen LogP contribution < -0.4 is 10.6 Å². The minimum Gasteiger partial charge on any atom is -0.382 e. The lowest BCUT2D eigenvalue weighted by Gasteiger charge is -2.37. The molecule has 1 aromatic carbocycles. The van der Waals surface area contributed by atoms with E-state index in [0.29, 0.717) is 6.04 Å². The van der Waals surface area contributed by atoms with Crippen molar-refractivity contribution in [2.24, 2.45) is 0 Å². The zero-order valence-corrected chi connectivity index (χ0v) is 13.0. The summed E-state index contributed by atoms with van der Waals surface area (Å²) in [6.07, 6.45) is 2.37. The van der Waals surface area contributed by atoms with E-state index in [1.165, 1.54) is 24.1 Å². The van der Waals surface area contributed by atoms with E-state index in [0.717, 1.165) is 6.54 Å². The minimum atomic E-state index is 0.231. The second-order valence-electron chi connectivity index (χ2n) is 7.47. The van der Waals surface area contributed by atoms with E-state index in [-0.39, 0.29) is 11.0 Å². The molecule has 106 valence electrons. The van der Waals surface area contributed by atoms with Crippen molar-refractivity contribution in [3.05, 3.63) is 29.8 Å². The highest BCUT2D eigenvalue weighted by Crippen LogP contribution is 2.25. The maximum Gasteiger partial charge on any atom is 0.0342 e. The van der Waals surface area contributed by atoms with Crippen molar-refractivity contribution in [3.63, 3.8) is 0 Å². The molecule has 0 amide bonds. The maximum atomic E-state index is 3.68. The van der Waals surface area contributed by atoms with E-state index >= 15 is 0 Å². The highest BCUT2D eigenvalue weighted by atomic mass is 15.0. The second kappa shape index (κ2) is 5.16. The second-order valence-corrected chi connectivity index (χ2v) is 7.47. The molecule has 1 aliphatic rings. The van der Waals surface area contributed by atoms with E-state index in [1.54, 1.807) is 0 Å². The largest absolute Gasteiger partial charge is 0.382 e. The summed E-state index contributed by atoms with van der Waals surface area (Å²) in [7, 11) is 0. The molecule has 0 spiro atoms. The maximum absolute atomic E-state index is 3.68. The Bertz CT molecular complexity index is 412. The third kappa shape index (κ3) is 3.97. The van der Waals surface area contributed by atoms with Crippen LogP contribution in [0.1, 0.15) is 53.0 Å². The Morgan fingerprint density at radius 1 is 1.16 bits per heavy atom. The lowest BCUT2D eigenvalue weighted by atomic mass is 9.87. The Balaban J connectivity index is 2.00. The molecule has 1 atom stereocenters. The van der Waals surface area contributed by atoms with Crippen LogP contribution in [0.15, 0.2) is 24.3 Å². The molecular formula is C17H28N2. The zero-order valence-electron chi connectivity index (χ0n) is 13.0. The summed E-state index contributed by atoms with van der Waals surface area (Å²) < 4.78 is 0. The van der Waals surface area contributed by atoms with Gasteiger partial charge in [-0.05, 0) is 56.3 Å². The summed E-state index contributed by atoms with van der Waals surface area (Å²) in [5.41, 5.74) is 3.12. The third-order valence-corrected chi connectivity index (χ3v) is 3.97. The summed E-state index contributed by atoms with van der Waals surface area (Å²) in [6.45, 7) is 12.4. The summed E-state index contributed by atoms with van der Waals surface area (Å²) >= 11 is 0. The number of rotatable bonds is 2. The fraction of sp³-hybridized carbons (Fsp3) is 0.647. The number of piperidine rings is 1. The van der Waals surface area contributed by atoms with E-state index in [9.17, 15) is 0 Å². The van der Waals surface area contributed by atoms with Crippen LogP contribution in [-0.2, 0) is 5.41 Å². The van der Waals surface area contributed by atoms with Crippen molar-refractivity contribution in [1.82, 2.24) is 5.32 Å². The van der Waals surface area contributed by atoms with Gasteiger partial charge >= 0.3 is 0 Å². The van der Waals surface area contributed by atoms with Gasteiger partial charge in [-0.15, -0.1) is 0 Å². The Morgan fingerprint density at radius 2 is 1.79 bits per heavy atom. The Morgan fingerprint density at radius 3 is 2.32 bits per heavy atom. The summed E-state index contributed by atoms with van der Waals surface area (Å²) in [6, 6.07) is 9.51. The van der Waals surface area contributed by atoms with Gasteiger partial charge in [-0.2, -0.15) is 0 Å². The fourth-order valence-corrected chi connectivity index (χ4v) is 2.80. The van der Waals surface area contributed by atoms with Gasteiger partial charge in [0.2, 0.25) is 0 Å². The molecule has 0 aromatic heterocycles. The van der Waals surface area contributed by atoms with Crippen LogP contribution in [0.25, 0.3) is 0 Å². The predicted molar refractivity (Wildman–Crippen MR) is 83.9 cm³/mol. The first-order valence-corrected chi connectivity index (χ1v) is 7.38. The molecule has 1 aliphatic heterocycles. The van der Waals surface area contributed by atoms with Crippen molar-refractivity contribution in [2.45, 2.75) is 64.5 Å². The van der Waals surface area contributed by atoms with E-state index in [1.807, 2.05) is 0 Å². The monoisotopic (exact) mass is 260 g/mol. The molecule has 2 N–H and O–H groups in total. The molecule has 2 nitrogen and oxygen atoms in total. The Kier molecular flexibility index (Phi) is 3.91. The molecular weight excluding hydrogens is 232 g/mol. The first-order valence-electron chi connectivity index (χ1n) is 7.38. The molecule has 1 fully saturated rings. The van der Waals surface area contributed by atoms with Gasteiger partial charge in [0, 0.05) is 17.3 Å². The molecule has 1 saturated heterocycles. The van der Waals surface area contributed by atoms with Gasteiger partial charge < -0.3 is 10.6 Å². The van der Waals surface area contributed by atoms with Crippen LogP contribution in [0.4, 0.5) is 5.69 Å². The highest BCUT2D eigenvalue weighted by Gasteiger charge is 2.27. The van der Waals surface area contributed by atoms with Gasteiger partial charge in [0.1, 0.15) is 0 Å². The fourth-order valence-electron chi connectivity index (χ4n) is 2.80. The first-order chi connectivity index (χ1) is 8.76. The normalized spacial score (nSPS) is 23.1. The Labute approximate surface area is 118 Å². The molecule has 2 rings (SSSR count). The van der Waals surface area contributed by atoms with Crippen molar-refractivity contribution >= 4 is 5.69 Å². The molecule has 0 bridgehead atoms. The van der Waals surface area contributed by atoms with Crippen molar-refractivity contribution < 1.29 is 0 Å². The lowest BCUT2D eigenvalue weighted by Crippen LogP contribution is -2.49. The van der Waals surface area contributed by atoms with Gasteiger partial charge in [-0.1, -0.05) is 32.9 Å². The van der Waals surface area contributed by atoms with Crippen LogP contribution in [0.3, 0.4) is 0 Å². The standard InChI is InChI=1S/C17H28N2/c1-16(2,3)13-6-8-14(9-7-13)19-15-10-11-18-17(4,5)12-15/h6-9,15,18-19H,10-12H2,1-5H3. The number of hydrogen-bond donors (Lipinski definition) is 2. The van der Waals surface area contributed by atoms with Crippen molar-refractivity contribution in [2.75, 3.05) is 11.9 Å². The first kappa shape index (κ1) is 14.4. The van der Waals surface area contributed by atoms with Crippen molar-refractivity contribution in [1.29, 1.82) is 0 Å². The number of benzene rings is 1. The number of anilines is 1. The molecule has 2 heteroatoms. The van der Waals surface area contributed by atoms with Gasteiger partial charge in [-0.25, -0.2) is 0 Å². The molecule has 1 aromatic rings. The lowest BCUT2D eigenvalue weighted by molar-refractivity contribution is 0.286. The topological polar surface area (TPSA) is 24.1 Å². The van der Waals surface area contributed by atoms with Gasteiger partial charge in [0.05, 0.1) is 0 Å². The quantitative estimate of drug-likeness (QED) is 0.842. The van der Waals surface area contributed by atoms with E-state index < -0.39 is 0 Å². The van der Waals surface area contributed by atoms with Crippen LogP contribution in [0.5, 0.6) is 0 Å². The molecule has 1 unspecified atom stereocenters. The Hall–Kier alpha value is -1.02. The number of hydrogen-bond acceptors (Lipinski definition) is 2. The molecule has 1 heterocycles. The van der Waals surface area contributed by atoms with Crippen LogP contribution >= 0.6 is 0 Å². The SMILES string of the molecule is CC1(C)CC(Nc2ccc(C(C)(C)C)cc2)CCN1.